The molecule has 0 atom stereocenters. The molecular formula is C8H10ClN5. The van der Waals surface area contributed by atoms with Gasteiger partial charge in [-0.1, -0.05) is 5.21 Å². The molecule has 0 spiro atoms. The first-order chi connectivity index (χ1) is 6.81. The second-order valence-electron chi connectivity index (χ2n) is 2.97. The summed E-state index contributed by atoms with van der Waals surface area (Å²) in [5, 5.41) is 7.73. The van der Waals surface area contributed by atoms with Gasteiger partial charge < -0.3 is 4.57 Å². The Morgan fingerprint density at radius 2 is 2.36 bits per heavy atom. The van der Waals surface area contributed by atoms with Crippen LogP contribution < -0.4 is 0 Å². The first-order valence-electron chi connectivity index (χ1n) is 4.21. The van der Waals surface area contributed by atoms with Gasteiger partial charge in [0.15, 0.2) is 0 Å². The highest BCUT2D eigenvalue weighted by Gasteiger charge is 2.05. The molecule has 0 aliphatic heterocycles. The Labute approximate surface area is 86.3 Å². The van der Waals surface area contributed by atoms with Crippen molar-refractivity contribution in [3.05, 3.63) is 30.1 Å². The minimum atomic E-state index is 0.414. The molecule has 0 N–H and O–H groups in total. The molecule has 5 nitrogen and oxygen atoms in total. The molecule has 0 aromatic carbocycles. The SMILES string of the molecule is Cn1ccnc1Cn1nncc1CCl. The van der Waals surface area contributed by atoms with Crippen molar-refractivity contribution in [2.45, 2.75) is 12.4 Å². The lowest BCUT2D eigenvalue weighted by atomic mass is 10.5. The van der Waals surface area contributed by atoms with Crippen LogP contribution in [0.5, 0.6) is 0 Å². The van der Waals surface area contributed by atoms with E-state index in [1.807, 2.05) is 17.8 Å². The van der Waals surface area contributed by atoms with E-state index in [4.69, 9.17) is 11.6 Å². The molecule has 0 bridgehead atoms. The number of alkyl halides is 1. The van der Waals surface area contributed by atoms with Crippen LogP contribution in [0.2, 0.25) is 0 Å². The van der Waals surface area contributed by atoms with Crippen molar-refractivity contribution >= 4 is 11.6 Å². The number of hydrogen-bond acceptors (Lipinski definition) is 3. The minimum absolute atomic E-state index is 0.414. The van der Waals surface area contributed by atoms with Gasteiger partial charge in [0.25, 0.3) is 0 Å². The zero-order chi connectivity index (χ0) is 9.97. The third-order valence-electron chi connectivity index (χ3n) is 2.05. The zero-order valence-corrected chi connectivity index (χ0v) is 8.52. The molecule has 0 saturated heterocycles. The molecule has 0 radical (unpaired) electrons. The molecule has 74 valence electrons. The molecule has 2 heterocycles. The van der Waals surface area contributed by atoms with Crippen molar-refractivity contribution in [3.8, 4) is 0 Å². The van der Waals surface area contributed by atoms with E-state index in [-0.39, 0.29) is 0 Å². The second kappa shape index (κ2) is 3.79. The van der Waals surface area contributed by atoms with Crippen LogP contribution in [-0.2, 0) is 19.5 Å². The van der Waals surface area contributed by atoms with E-state index in [2.05, 4.69) is 15.3 Å². The maximum atomic E-state index is 5.73. The Kier molecular flexibility index (Phi) is 2.49. The molecule has 2 aromatic rings. The van der Waals surface area contributed by atoms with Crippen LogP contribution >= 0.6 is 11.6 Å². The molecule has 0 unspecified atom stereocenters. The lowest BCUT2D eigenvalue weighted by Crippen LogP contribution is -2.09. The van der Waals surface area contributed by atoms with Crippen molar-refractivity contribution in [2.24, 2.45) is 7.05 Å². The average Bonchev–Trinajstić information content (AvgIpc) is 2.77. The first kappa shape index (κ1) is 9.21. The predicted octanol–water partition coefficient (Wildman–Crippen LogP) is 0.799. The monoisotopic (exact) mass is 211 g/mol. The number of nitrogens with zero attached hydrogens (tertiary/aromatic N) is 5. The van der Waals surface area contributed by atoms with Crippen LogP contribution in [0.1, 0.15) is 11.5 Å². The smallest absolute Gasteiger partial charge is 0.130 e. The normalized spacial score (nSPS) is 10.7. The van der Waals surface area contributed by atoms with Gasteiger partial charge in [0.1, 0.15) is 12.4 Å². The van der Waals surface area contributed by atoms with Gasteiger partial charge in [-0.3, -0.25) is 0 Å². The van der Waals surface area contributed by atoms with Crippen LogP contribution in [0.3, 0.4) is 0 Å². The summed E-state index contributed by atoms with van der Waals surface area (Å²) in [6.45, 7) is 0.603. The molecule has 0 amide bonds. The van der Waals surface area contributed by atoms with Crippen LogP contribution in [0.15, 0.2) is 18.6 Å². The summed E-state index contributed by atoms with van der Waals surface area (Å²) in [6, 6.07) is 0. The Hall–Kier alpha value is -1.36. The van der Waals surface area contributed by atoms with Crippen molar-refractivity contribution in [1.29, 1.82) is 0 Å². The van der Waals surface area contributed by atoms with Gasteiger partial charge in [-0.25, -0.2) is 9.67 Å². The Morgan fingerprint density at radius 3 is 3.00 bits per heavy atom. The summed E-state index contributed by atoms with van der Waals surface area (Å²) in [4.78, 5) is 4.20. The molecule has 14 heavy (non-hydrogen) atoms. The number of aryl methyl sites for hydroxylation is 1. The molecule has 0 saturated carbocycles. The van der Waals surface area contributed by atoms with Gasteiger partial charge in [-0.2, -0.15) is 0 Å². The van der Waals surface area contributed by atoms with Crippen LogP contribution in [0.25, 0.3) is 0 Å². The summed E-state index contributed by atoms with van der Waals surface area (Å²) >= 11 is 5.73. The third-order valence-corrected chi connectivity index (χ3v) is 2.32. The molecule has 0 aliphatic carbocycles. The minimum Gasteiger partial charge on any atom is -0.336 e. The van der Waals surface area contributed by atoms with Crippen molar-refractivity contribution < 1.29 is 0 Å². The molecular weight excluding hydrogens is 202 g/mol. The predicted molar refractivity (Wildman–Crippen MR) is 51.9 cm³/mol. The third kappa shape index (κ3) is 1.63. The molecule has 2 rings (SSSR count). The van der Waals surface area contributed by atoms with Gasteiger partial charge in [-0.05, 0) is 0 Å². The van der Waals surface area contributed by atoms with E-state index in [1.54, 1.807) is 17.1 Å². The number of imidazole rings is 1. The Morgan fingerprint density at radius 1 is 1.50 bits per heavy atom. The van der Waals surface area contributed by atoms with Gasteiger partial charge in [0.05, 0.1) is 17.8 Å². The number of hydrogen-bond donors (Lipinski definition) is 0. The number of aromatic nitrogens is 5. The largest absolute Gasteiger partial charge is 0.336 e. The van der Waals surface area contributed by atoms with Gasteiger partial charge in [-0.15, -0.1) is 16.7 Å². The standard InChI is InChI=1S/C8H10ClN5/c1-13-3-2-10-8(13)6-14-7(4-9)5-11-12-14/h2-3,5H,4,6H2,1H3. The average molecular weight is 212 g/mol. The van der Waals surface area contributed by atoms with E-state index in [9.17, 15) is 0 Å². The summed E-state index contributed by atoms with van der Waals surface area (Å²) in [7, 11) is 1.94. The second-order valence-corrected chi connectivity index (χ2v) is 3.24. The first-order valence-corrected chi connectivity index (χ1v) is 4.74. The van der Waals surface area contributed by atoms with Crippen LogP contribution in [-0.4, -0.2) is 24.5 Å². The number of halogens is 1. The summed E-state index contributed by atoms with van der Waals surface area (Å²) in [5.74, 6) is 1.35. The Balaban J connectivity index is 2.22. The van der Waals surface area contributed by atoms with E-state index >= 15 is 0 Å². The fraction of sp³-hybridized carbons (Fsp3) is 0.375. The molecule has 0 fully saturated rings. The van der Waals surface area contributed by atoms with Crippen LogP contribution in [0, 0.1) is 0 Å². The maximum Gasteiger partial charge on any atom is 0.130 e. The summed E-state index contributed by atoms with van der Waals surface area (Å²) in [6.07, 6.45) is 5.31. The fourth-order valence-electron chi connectivity index (χ4n) is 1.20. The van der Waals surface area contributed by atoms with Gasteiger partial charge >= 0.3 is 0 Å². The highest BCUT2D eigenvalue weighted by Crippen LogP contribution is 2.04. The number of rotatable bonds is 3. The van der Waals surface area contributed by atoms with Gasteiger partial charge in [0, 0.05) is 19.4 Å². The fourth-order valence-corrected chi connectivity index (χ4v) is 1.41. The van der Waals surface area contributed by atoms with E-state index in [1.165, 1.54) is 0 Å². The summed E-state index contributed by atoms with van der Waals surface area (Å²) in [5.41, 5.74) is 0.898. The quantitative estimate of drug-likeness (QED) is 0.706. The zero-order valence-electron chi connectivity index (χ0n) is 7.76. The lowest BCUT2D eigenvalue weighted by Gasteiger charge is -2.03. The van der Waals surface area contributed by atoms with E-state index in [0.717, 1.165) is 11.5 Å². The lowest BCUT2D eigenvalue weighted by molar-refractivity contribution is 0.592. The highest BCUT2D eigenvalue weighted by atomic mass is 35.5. The van der Waals surface area contributed by atoms with E-state index < -0.39 is 0 Å². The van der Waals surface area contributed by atoms with Crippen molar-refractivity contribution in [3.63, 3.8) is 0 Å². The van der Waals surface area contributed by atoms with E-state index in [0.29, 0.717) is 12.4 Å². The highest BCUT2D eigenvalue weighted by molar-refractivity contribution is 6.16. The summed E-state index contributed by atoms with van der Waals surface area (Å²) < 4.78 is 3.69. The maximum absolute atomic E-state index is 5.73. The molecule has 6 heteroatoms. The molecule has 2 aromatic heterocycles. The van der Waals surface area contributed by atoms with Crippen molar-refractivity contribution in [2.75, 3.05) is 0 Å². The van der Waals surface area contributed by atoms with Crippen molar-refractivity contribution in [1.82, 2.24) is 24.5 Å². The molecule has 0 aliphatic rings. The Bertz CT molecular complexity index is 419. The van der Waals surface area contributed by atoms with Crippen LogP contribution in [0.4, 0.5) is 0 Å². The topological polar surface area (TPSA) is 48.5 Å². The van der Waals surface area contributed by atoms with Gasteiger partial charge in [0.2, 0.25) is 0 Å².